The van der Waals surface area contributed by atoms with Crippen molar-refractivity contribution >= 4 is 10.9 Å². The van der Waals surface area contributed by atoms with Gasteiger partial charge in [0.2, 0.25) is 0 Å². The number of nitrogens with one attached hydrogen (secondary N) is 1. The van der Waals surface area contributed by atoms with E-state index in [-0.39, 0.29) is 0 Å². The summed E-state index contributed by atoms with van der Waals surface area (Å²) < 4.78 is 0. The molecule has 0 aliphatic carbocycles. The van der Waals surface area contributed by atoms with Gasteiger partial charge in [0.05, 0.1) is 6.54 Å². The van der Waals surface area contributed by atoms with Crippen LogP contribution in [0.3, 0.4) is 0 Å². The molecular weight excluding hydrogens is 174 g/mol. The lowest BCUT2D eigenvalue weighted by molar-refractivity contribution is 0.260. The van der Waals surface area contributed by atoms with Crippen LogP contribution in [0.2, 0.25) is 0 Å². The number of H-pyrrole nitrogens is 1. The van der Waals surface area contributed by atoms with Gasteiger partial charge in [-0.05, 0) is 18.1 Å². The van der Waals surface area contributed by atoms with E-state index in [1.54, 1.807) is 0 Å². The standard InChI is InChI=1S/C11H13N3/c12-14-6-5-9-8-3-1-2-4-10(8)13-11(9)7-14/h1-4,13H,5-7,12H2. The van der Waals surface area contributed by atoms with Crippen molar-refractivity contribution in [3.63, 3.8) is 0 Å². The molecule has 1 aromatic heterocycles. The van der Waals surface area contributed by atoms with Crippen LogP contribution >= 0.6 is 0 Å². The van der Waals surface area contributed by atoms with E-state index in [1.165, 1.54) is 22.2 Å². The number of nitrogens with zero attached hydrogens (tertiary/aromatic N) is 1. The fourth-order valence-electron chi connectivity index (χ4n) is 2.21. The molecule has 1 aliphatic heterocycles. The van der Waals surface area contributed by atoms with Gasteiger partial charge in [0.15, 0.2) is 0 Å². The monoisotopic (exact) mass is 187 g/mol. The van der Waals surface area contributed by atoms with Crippen LogP contribution in [-0.2, 0) is 13.0 Å². The van der Waals surface area contributed by atoms with Crippen molar-refractivity contribution in [1.82, 2.24) is 9.99 Å². The molecule has 1 aromatic carbocycles. The first kappa shape index (κ1) is 8.03. The molecule has 2 aromatic rings. The summed E-state index contributed by atoms with van der Waals surface area (Å²) in [7, 11) is 0. The number of nitrogens with two attached hydrogens (primary N) is 1. The van der Waals surface area contributed by atoms with Gasteiger partial charge in [-0.1, -0.05) is 18.2 Å². The molecule has 72 valence electrons. The van der Waals surface area contributed by atoms with Crippen molar-refractivity contribution in [2.24, 2.45) is 5.84 Å². The van der Waals surface area contributed by atoms with Crippen LogP contribution in [0.4, 0.5) is 0 Å². The second-order valence-corrected chi connectivity index (χ2v) is 3.85. The summed E-state index contributed by atoms with van der Waals surface area (Å²) in [5, 5.41) is 3.22. The molecule has 0 unspecified atom stereocenters. The van der Waals surface area contributed by atoms with Gasteiger partial charge in [0.1, 0.15) is 0 Å². The molecule has 0 spiro atoms. The van der Waals surface area contributed by atoms with Crippen molar-refractivity contribution in [1.29, 1.82) is 0 Å². The number of aromatic amines is 1. The molecule has 1 aliphatic rings. The zero-order chi connectivity index (χ0) is 9.54. The molecular formula is C11H13N3. The Morgan fingerprint density at radius 2 is 2.14 bits per heavy atom. The van der Waals surface area contributed by atoms with Gasteiger partial charge in [0.25, 0.3) is 0 Å². The molecule has 14 heavy (non-hydrogen) atoms. The van der Waals surface area contributed by atoms with Crippen molar-refractivity contribution < 1.29 is 0 Å². The largest absolute Gasteiger partial charge is 0.357 e. The highest BCUT2D eigenvalue weighted by atomic mass is 15.4. The first-order chi connectivity index (χ1) is 6.84. The molecule has 3 heteroatoms. The average Bonchev–Trinajstić information content (AvgIpc) is 2.54. The number of fused-ring (bicyclic) bond motifs is 3. The molecule has 0 amide bonds. The lowest BCUT2D eigenvalue weighted by Gasteiger charge is -2.21. The third-order valence-electron chi connectivity index (χ3n) is 2.91. The van der Waals surface area contributed by atoms with Crippen molar-refractivity contribution in [3.05, 3.63) is 35.5 Å². The molecule has 0 saturated heterocycles. The number of aromatic nitrogens is 1. The molecule has 2 heterocycles. The first-order valence-electron chi connectivity index (χ1n) is 4.93. The molecule has 0 bridgehead atoms. The highest BCUT2D eigenvalue weighted by molar-refractivity contribution is 5.84. The Morgan fingerprint density at radius 3 is 3.07 bits per heavy atom. The summed E-state index contributed by atoms with van der Waals surface area (Å²) in [5.74, 6) is 5.78. The Kier molecular flexibility index (Phi) is 1.63. The first-order valence-corrected chi connectivity index (χ1v) is 4.93. The maximum atomic E-state index is 5.78. The van der Waals surface area contributed by atoms with Gasteiger partial charge >= 0.3 is 0 Å². The number of hydrogen-bond acceptors (Lipinski definition) is 2. The summed E-state index contributed by atoms with van der Waals surface area (Å²) in [4.78, 5) is 3.42. The van der Waals surface area contributed by atoms with Crippen molar-refractivity contribution in [2.75, 3.05) is 6.54 Å². The minimum Gasteiger partial charge on any atom is -0.357 e. The van der Waals surface area contributed by atoms with Gasteiger partial charge in [-0.15, -0.1) is 0 Å². The molecule has 3 rings (SSSR count). The second-order valence-electron chi connectivity index (χ2n) is 3.85. The lowest BCUT2D eigenvalue weighted by Crippen LogP contribution is -2.35. The summed E-state index contributed by atoms with van der Waals surface area (Å²) in [6, 6.07) is 8.45. The average molecular weight is 187 g/mol. The third-order valence-corrected chi connectivity index (χ3v) is 2.91. The minimum absolute atomic E-state index is 0.837. The summed E-state index contributed by atoms with van der Waals surface area (Å²) in [6.07, 6.45) is 1.05. The topological polar surface area (TPSA) is 45.0 Å². The third kappa shape index (κ3) is 1.06. The molecule has 3 nitrogen and oxygen atoms in total. The van der Waals surface area contributed by atoms with E-state index in [0.717, 1.165) is 19.5 Å². The van der Waals surface area contributed by atoms with Gasteiger partial charge in [0, 0.05) is 23.1 Å². The van der Waals surface area contributed by atoms with Crippen molar-refractivity contribution in [2.45, 2.75) is 13.0 Å². The number of rotatable bonds is 0. The molecule has 0 fully saturated rings. The van der Waals surface area contributed by atoms with Crippen LogP contribution in [0.5, 0.6) is 0 Å². The second kappa shape index (κ2) is 2.83. The highest BCUT2D eigenvalue weighted by Crippen LogP contribution is 2.25. The molecule has 0 atom stereocenters. The summed E-state index contributed by atoms with van der Waals surface area (Å²) in [6.45, 7) is 1.79. The zero-order valence-electron chi connectivity index (χ0n) is 7.96. The predicted molar refractivity (Wildman–Crippen MR) is 56.6 cm³/mol. The Hall–Kier alpha value is -1.32. The van der Waals surface area contributed by atoms with Gasteiger partial charge in [-0.2, -0.15) is 0 Å². The van der Waals surface area contributed by atoms with Crippen LogP contribution in [0, 0.1) is 0 Å². The fraction of sp³-hybridized carbons (Fsp3) is 0.273. The fourth-order valence-corrected chi connectivity index (χ4v) is 2.21. The van der Waals surface area contributed by atoms with Crippen LogP contribution in [0.25, 0.3) is 10.9 Å². The minimum atomic E-state index is 0.837. The van der Waals surface area contributed by atoms with E-state index in [2.05, 4.69) is 29.2 Å². The van der Waals surface area contributed by atoms with Crippen LogP contribution in [0.1, 0.15) is 11.3 Å². The number of benzene rings is 1. The Bertz CT molecular complexity index is 472. The number of hydrazine groups is 1. The molecule has 3 N–H and O–H groups in total. The Morgan fingerprint density at radius 1 is 1.29 bits per heavy atom. The predicted octanol–water partition coefficient (Wildman–Crippen LogP) is 1.40. The van der Waals surface area contributed by atoms with E-state index in [0.29, 0.717) is 0 Å². The number of para-hydroxylation sites is 1. The van der Waals surface area contributed by atoms with Gasteiger partial charge < -0.3 is 4.98 Å². The normalized spacial score (nSPS) is 17.2. The van der Waals surface area contributed by atoms with E-state index in [4.69, 9.17) is 5.84 Å². The van der Waals surface area contributed by atoms with Gasteiger partial charge in [-0.25, -0.2) is 5.01 Å². The van der Waals surface area contributed by atoms with E-state index in [9.17, 15) is 0 Å². The van der Waals surface area contributed by atoms with E-state index < -0.39 is 0 Å². The van der Waals surface area contributed by atoms with E-state index in [1.807, 2.05) is 5.01 Å². The van der Waals surface area contributed by atoms with Crippen LogP contribution < -0.4 is 5.84 Å². The summed E-state index contributed by atoms with van der Waals surface area (Å²) in [5.41, 5.74) is 3.95. The molecule has 0 saturated carbocycles. The number of hydrogen-bond donors (Lipinski definition) is 2. The molecule has 0 radical (unpaired) electrons. The van der Waals surface area contributed by atoms with Crippen molar-refractivity contribution in [3.8, 4) is 0 Å². The Labute approximate surface area is 82.5 Å². The zero-order valence-corrected chi connectivity index (χ0v) is 7.96. The Balaban J connectivity index is 2.24. The quantitative estimate of drug-likeness (QED) is 0.612. The maximum absolute atomic E-state index is 5.78. The van der Waals surface area contributed by atoms with Crippen LogP contribution in [-0.4, -0.2) is 16.5 Å². The van der Waals surface area contributed by atoms with Gasteiger partial charge in [-0.3, -0.25) is 5.84 Å². The van der Waals surface area contributed by atoms with Crippen LogP contribution in [0.15, 0.2) is 24.3 Å². The summed E-state index contributed by atoms with van der Waals surface area (Å²) >= 11 is 0. The van der Waals surface area contributed by atoms with E-state index >= 15 is 0 Å². The SMILES string of the molecule is NN1CCc2c([nH]c3ccccc23)C1. The lowest BCUT2D eigenvalue weighted by atomic mass is 10.0. The maximum Gasteiger partial charge on any atom is 0.0533 e. The highest BCUT2D eigenvalue weighted by Gasteiger charge is 2.17. The smallest absolute Gasteiger partial charge is 0.0533 e.